The molecule has 1 amide bonds. The van der Waals surface area contributed by atoms with Gasteiger partial charge in [-0.15, -0.1) is 0 Å². The van der Waals surface area contributed by atoms with Crippen LogP contribution in [0.4, 0.5) is 0 Å². The molecule has 1 aliphatic heterocycles. The van der Waals surface area contributed by atoms with Crippen molar-refractivity contribution in [1.82, 2.24) is 10.2 Å². The van der Waals surface area contributed by atoms with Crippen molar-refractivity contribution in [2.75, 3.05) is 19.6 Å². The molecule has 3 rings (SSSR count). The van der Waals surface area contributed by atoms with E-state index in [9.17, 15) is 9.59 Å². The molecule has 0 bridgehead atoms. The molecule has 1 saturated heterocycles. The second-order valence-electron chi connectivity index (χ2n) is 7.59. The molecule has 2 aromatic carbocycles. The van der Waals surface area contributed by atoms with Crippen LogP contribution in [0.5, 0.6) is 0 Å². The first-order valence-electron chi connectivity index (χ1n) is 10.3. The number of nitrogens with one attached hydrogen (secondary N) is 1. The maximum atomic E-state index is 12.3. The standard InChI is InChI=1S/C24H30N2O2/c27-23(21-12-5-2-6-13-21)15-16-24(28)25-22-14-8-18-26(19-22)17-7-11-20-9-3-1-4-10-20/h1-6,9-10,12-13,22H,7-8,11,14-19H2,(H,25,28)/t22-/m0/s1. The first kappa shape index (κ1) is 20.3. The van der Waals surface area contributed by atoms with Crippen LogP contribution in [-0.4, -0.2) is 42.3 Å². The molecule has 148 valence electrons. The first-order chi connectivity index (χ1) is 13.7. The molecule has 1 heterocycles. The zero-order valence-corrected chi connectivity index (χ0v) is 16.5. The number of rotatable bonds is 9. The second-order valence-corrected chi connectivity index (χ2v) is 7.59. The van der Waals surface area contributed by atoms with Crippen LogP contribution in [-0.2, 0) is 11.2 Å². The molecule has 1 atom stereocenters. The van der Waals surface area contributed by atoms with Crippen molar-refractivity contribution in [3.05, 3.63) is 71.8 Å². The monoisotopic (exact) mass is 378 g/mol. The normalized spacial score (nSPS) is 17.2. The fraction of sp³-hybridized carbons (Fsp3) is 0.417. The van der Waals surface area contributed by atoms with E-state index in [1.165, 1.54) is 5.56 Å². The van der Waals surface area contributed by atoms with Gasteiger partial charge in [0.05, 0.1) is 0 Å². The Labute approximate surface area is 167 Å². The number of carbonyl (C=O) groups excluding carboxylic acids is 2. The summed E-state index contributed by atoms with van der Waals surface area (Å²) in [5, 5.41) is 3.13. The van der Waals surface area contributed by atoms with Gasteiger partial charge in [-0.3, -0.25) is 9.59 Å². The highest BCUT2D eigenvalue weighted by Gasteiger charge is 2.21. The maximum Gasteiger partial charge on any atom is 0.220 e. The van der Waals surface area contributed by atoms with Crippen molar-refractivity contribution in [1.29, 1.82) is 0 Å². The predicted molar refractivity (Wildman–Crippen MR) is 112 cm³/mol. The Morgan fingerprint density at radius 1 is 0.964 bits per heavy atom. The third kappa shape index (κ3) is 6.61. The van der Waals surface area contributed by atoms with E-state index < -0.39 is 0 Å². The zero-order valence-electron chi connectivity index (χ0n) is 16.5. The molecule has 1 N–H and O–H groups in total. The number of hydrogen-bond donors (Lipinski definition) is 1. The number of hydrogen-bond acceptors (Lipinski definition) is 3. The molecular formula is C24H30N2O2. The molecule has 4 nitrogen and oxygen atoms in total. The lowest BCUT2D eigenvalue weighted by molar-refractivity contribution is -0.122. The fourth-order valence-corrected chi connectivity index (χ4v) is 3.82. The van der Waals surface area contributed by atoms with E-state index in [2.05, 4.69) is 40.5 Å². The number of ketones is 1. The molecule has 0 saturated carbocycles. The molecule has 0 radical (unpaired) electrons. The van der Waals surface area contributed by atoms with Gasteiger partial charge in [0.15, 0.2) is 5.78 Å². The summed E-state index contributed by atoms with van der Waals surface area (Å²) in [6.07, 6.45) is 4.89. The number of benzene rings is 2. The molecule has 0 unspecified atom stereocenters. The average molecular weight is 379 g/mol. The van der Waals surface area contributed by atoms with Gasteiger partial charge in [-0.05, 0) is 44.3 Å². The lowest BCUT2D eigenvalue weighted by atomic mass is 10.0. The third-order valence-corrected chi connectivity index (χ3v) is 5.33. The van der Waals surface area contributed by atoms with Gasteiger partial charge in [-0.25, -0.2) is 0 Å². The van der Waals surface area contributed by atoms with Crippen molar-refractivity contribution < 1.29 is 9.59 Å². The topological polar surface area (TPSA) is 49.4 Å². The summed E-state index contributed by atoms with van der Waals surface area (Å²) in [5.41, 5.74) is 2.06. The number of carbonyl (C=O) groups is 2. The summed E-state index contributed by atoms with van der Waals surface area (Å²) in [6, 6.07) is 20.0. The van der Waals surface area contributed by atoms with Crippen LogP contribution in [0.2, 0.25) is 0 Å². The van der Waals surface area contributed by atoms with E-state index in [0.717, 1.165) is 45.3 Å². The number of amides is 1. The molecule has 1 aliphatic rings. The smallest absolute Gasteiger partial charge is 0.220 e. The van der Waals surface area contributed by atoms with E-state index in [1.54, 1.807) is 12.1 Å². The van der Waals surface area contributed by atoms with Crippen LogP contribution in [0.3, 0.4) is 0 Å². The molecule has 2 aromatic rings. The number of aryl methyl sites for hydroxylation is 1. The predicted octanol–water partition coefficient (Wildman–Crippen LogP) is 3.86. The van der Waals surface area contributed by atoms with Gasteiger partial charge < -0.3 is 10.2 Å². The van der Waals surface area contributed by atoms with E-state index in [-0.39, 0.29) is 30.6 Å². The van der Waals surface area contributed by atoms with Crippen molar-refractivity contribution in [2.45, 2.75) is 44.6 Å². The quantitative estimate of drug-likeness (QED) is 0.674. The Morgan fingerprint density at radius 2 is 1.68 bits per heavy atom. The van der Waals surface area contributed by atoms with Crippen LogP contribution >= 0.6 is 0 Å². The van der Waals surface area contributed by atoms with Crippen LogP contribution in [0.15, 0.2) is 60.7 Å². The molecule has 0 aromatic heterocycles. The highest BCUT2D eigenvalue weighted by molar-refractivity contribution is 5.97. The molecular weight excluding hydrogens is 348 g/mol. The van der Waals surface area contributed by atoms with E-state index >= 15 is 0 Å². The minimum absolute atomic E-state index is 0.0135. The van der Waals surface area contributed by atoms with Crippen LogP contribution < -0.4 is 5.32 Å². The molecule has 0 spiro atoms. The summed E-state index contributed by atoms with van der Waals surface area (Å²) in [7, 11) is 0. The van der Waals surface area contributed by atoms with Crippen LogP contribution in [0.25, 0.3) is 0 Å². The minimum atomic E-state index is -0.0135. The van der Waals surface area contributed by atoms with E-state index in [0.29, 0.717) is 5.56 Å². The Bertz CT molecular complexity index is 746. The molecule has 1 fully saturated rings. The number of Topliss-reactive ketones (excluding diaryl/α,β-unsaturated/α-hetero) is 1. The Morgan fingerprint density at radius 3 is 2.43 bits per heavy atom. The van der Waals surface area contributed by atoms with Gasteiger partial charge in [0.25, 0.3) is 0 Å². The zero-order chi connectivity index (χ0) is 19.6. The van der Waals surface area contributed by atoms with Crippen molar-refractivity contribution in [2.24, 2.45) is 0 Å². The summed E-state index contributed by atoms with van der Waals surface area (Å²) in [4.78, 5) is 26.9. The lowest BCUT2D eigenvalue weighted by Crippen LogP contribution is -2.48. The van der Waals surface area contributed by atoms with Crippen LogP contribution in [0, 0.1) is 0 Å². The van der Waals surface area contributed by atoms with Gasteiger partial charge in [-0.2, -0.15) is 0 Å². The van der Waals surface area contributed by atoms with Crippen molar-refractivity contribution in [3.8, 4) is 0 Å². The van der Waals surface area contributed by atoms with Crippen molar-refractivity contribution in [3.63, 3.8) is 0 Å². The minimum Gasteiger partial charge on any atom is -0.352 e. The van der Waals surface area contributed by atoms with Crippen LogP contribution in [0.1, 0.15) is 48.0 Å². The summed E-state index contributed by atoms with van der Waals surface area (Å²) < 4.78 is 0. The highest BCUT2D eigenvalue weighted by Crippen LogP contribution is 2.13. The average Bonchev–Trinajstić information content (AvgIpc) is 2.74. The SMILES string of the molecule is O=C(CCC(=O)c1ccccc1)N[C@H]1CCCN(CCCc2ccccc2)C1. The van der Waals surface area contributed by atoms with Gasteiger partial charge in [-0.1, -0.05) is 60.7 Å². The summed E-state index contributed by atoms with van der Waals surface area (Å²) >= 11 is 0. The lowest BCUT2D eigenvalue weighted by Gasteiger charge is -2.33. The van der Waals surface area contributed by atoms with Crippen molar-refractivity contribution >= 4 is 11.7 Å². The molecule has 4 heteroatoms. The Balaban J connectivity index is 1.35. The third-order valence-electron chi connectivity index (χ3n) is 5.33. The number of piperidine rings is 1. The highest BCUT2D eigenvalue weighted by atomic mass is 16.2. The van der Waals surface area contributed by atoms with Gasteiger partial charge in [0, 0.05) is 31.0 Å². The molecule has 28 heavy (non-hydrogen) atoms. The Kier molecular flexibility index (Phi) is 7.80. The second kappa shape index (κ2) is 10.8. The fourth-order valence-electron chi connectivity index (χ4n) is 3.82. The van der Waals surface area contributed by atoms with Gasteiger partial charge in [0.1, 0.15) is 0 Å². The molecule has 0 aliphatic carbocycles. The number of likely N-dealkylation sites (tertiary alicyclic amines) is 1. The Hall–Kier alpha value is -2.46. The first-order valence-corrected chi connectivity index (χ1v) is 10.3. The summed E-state index contributed by atoms with van der Waals surface area (Å²) in [5.74, 6) is 0.0161. The largest absolute Gasteiger partial charge is 0.352 e. The van der Waals surface area contributed by atoms with E-state index in [1.807, 2.05) is 18.2 Å². The van der Waals surface area contributed by atoms with E-state index in [4.69, 9.17) is 0 Å². The van der Waals surface area contributed by atoms with Gasteiger partial charge in [0.2, 0.25) is 5.91 Å². The number of nitrogens with zero attached hydrogens (tertiary/aromatic N) is 1. The maximum absolute atomic E-state index is 12.3. The summed E-state index contributed by atoms with van der Waals surface area (Å²) in [6.45, 7) is 3.08. The van der Waals surface area contributed by atoms with Gasteiger partial charge >= 0.3 is 0 Å².